The van der Waals surface area contributed by atoms with Crippen molar-refractivity contribution in [2.24, 2.45) is 0 Å². The van der Waals surface area contributed by atoms with Gasteiger partial charge in [-0.3, -0.25) is 15.0 Å². The molecule has 2 rings (SSSR count). The summed E-state index contributed by atoms with van der Waals surface area (Å²) in [5.74, 6) is 0. The van der Waals surface area contributed by atoms with E-state index in [-0.39, 0.29) is 13.1 Å². The Morgan fingerprint density at radius 2 is 2.05 bits per heavy atom. The molecule has 1 aliphatic heterocycles. The van der Waals surface area contributed by atoms with Crippen LogP contribution in [0.5, 0.6) is 0 Å². The van der Waals surface area contributed by atoms with E-state index in [1.165, 1.54) is 6.92 Å². The maximum Gasteiger partial charge on any atom is 0.524 e. The van der Waals surface area contributed by atoms with Crippen molar-refractivity contribution in [1.82, 2.24) is 10.2 Å². The van der Waals surface area contributed by atoms with Crippen LogP contribution in [0.2, 0.25) is 0 Å². The molecule has 1 aromatic carbocycles. The van der Waals surface area contributed by atoms with E-state index in [2.05, 4.69) is 10.1 Å². The summed E-state index contributed by atoms with van der Waals surface area (Å²) in [6, 6.07) is 8.14. The van der Waals surface area contributed by atoms with Crippen LogP contribution in [0, 0.1) is 0 Å². The normalized spacial score (nSPS) is 26.7. The lowest BCUT2D eigenvalue weighted by molar-refractivity contribution is -0.362. The molecule has 0 aliphatic carbocycles. The minimum Gasteiger partial charge on any atom is -0.465 e. The fourth-order valence-corrected chi connectivity index (χ4v) is 2.55. The van der Waals surface area contributed by atoms with Crippen molar-refractivity contribution in [2.45, 2.75) is 25.1 Å². The van der Waals surface area contributed by atoms with Gasteiger partial charge < -0.3 is 5.11 Å². The van der Waals surface area contributed by atoms with Crippen molar-refractivity contribution in [3.63, 3.8) is 0 Å². The number of benzene rings is 1. The number of rotatable bonds is 2. The molecule has 0 radical (unpaired) electrons. The number of nitrogens with zero attached hydrogens (tertiary/aromatic N) is 1. The van der Waals surface area contributed by atoms with E-state index in [1.54, 1.807) is 30.3 Å². The number of carbonyl (C=O) groups is 1. The maximum atomic E-state index is 12.6. The van der Waals surface area contributed by atoms with Gasteiger partial charge in [0.15, 0.2) is 0 Å². The van der Waals surface area contributed by atoms with Gasteiger partial charge in [0.25, 0.3) is 0 Å². The summed E-state index contributed by atoms with van der Waals surface area (Å²) in [7, 11) is 0. The summed E-state index contributed by atoms with van der Waals surface area (Å²) in [6.45, 7) is 1.56. The minimum absolute atomic E-state index is 0.0679. The Hall–Kier alpha value is -1.80. The van der Waals surface area contributed by atoms with E-state index in [0.29, 0.717) is 5.56 Å². The highest BCUT2D eigenvalue weighted by Gasteiger charge is 2.51. The zero-order chi connectivity index (χ0) is 15.7. The molecular weight excluding hydrogens is 289 g/mol. The van der Waals surface area contributed by atoms with Crippen molar-refractivity contribution in [2.75, 3.05) is 13.1 Å². The smallest absolute Gasteiger partial charge is 0.465 e. The predicted octanol–water partition coefficient (Wildman–Crippen LogP) is 2.35. The van der Waals surface area contributed by atoms with Crippen LogP contribution in [0.15, 0.2) is 30.3 Å². The van der Waals surface area contributed by atoms with Crippen molar-refractivity contribution < 1.29 is 27.8 Å². The summed E-state index contributed by atoms with van der Waals surface area (Å²) in [5, 5.41) is 11.9. The van der Waals surface area contributed by atoms with Gasteiger partial charge in [-0.15, -0.1) is 13.2 Å². The summed E-state index contributed by atoms with van der Waals surface area (Å²) < 4.78 is 41.9. The van der Waals surface area contributed by atoms with Crippen molar-refractivity contribution in [3.05, 3.63) is 35.9 Å². The minimum atomic E-state index is -4.87. The third kappa shape index (κ3) is 3.11. The zero-order valence-corrected chi connectivity index (χ0v) is 11.2. The number of amides is 1. The fraction of sp³-hybridized carbons (Fsp3) is 0.462. The lowest BCUT2D eigenvalue weighted by Crippen LogP contribution is -2.66. The van der Waals surface area contributed by atoms with Crippen LogP contribution in [-0.4, -0.2) is 41.8 Å². The fourth-order valence-electron chi connectivity index (χ4n) is 2.55. The second kappa shape index (κ2) is 5.53. The van der Waals surface area contributed by atoms with Gasteiger partial charge in [-0.25, -0.2) is 4.79 Å². The first kappa shape index (κ1) is 15.6. The van der Waals surface area contributed by atoms with Crippen molar-refractivity contribution in [1.29, 1.82) is 0 Å². The number of carboxylic acid groups (broad SMARTS) is 1. The lowest BCUT2D eigenvalue weighted by Gasteiger charge is -2.48. The number of alkyl halides is 3. The Kier molecular flexibility index (Phi) is 4.11. The van der Waals surface area contributed by atoms with Crippen molar-refractivity contribution in [3.8, 4) is 0 Å². The second-order valence-corrected chi connectivity index (χ2v) is 4.85. The molecule has 21 heavy (non-hydrogen) atoms. The molecular formula is C13H15F3N2O3. The molecule has 1 saturated heterocycles. The summed E-state index contributed by atoms with van der Waals surface area (Å²) in [6.07, 6.45) is -7.68. The molecule has 1 amide bonds. The Morgan fingerprint density at radius 3 is 2.57 bits per heavy atom. The van der Waals surface area contributed by atoms with E-state index >= 15 is 0 Å². The molecule has 1 aromatic rings. The van der Waals surface area contributed by atoms with Gasteiger partial charge in [0, 0.05) is 13.1 Å². The molecule has 2 N–H and O–H groups in total. The zero-order valence-electron chi connectivity index (χ0n) is 11.2. The van der Waals surface area contributed by atoms with Gasteiger partial charge in [-0.05, 0) is 12.5 Å². The first-order valence-electron chi connectivity index (χ1n) is 6.29. The molecule has 1 aliphatic rings. The third-order valence-electron chi connectivity index (χ3n) is 3.58. The molecule has 5 nitrogen and oxygen atoms in total. The summed E-state index contributed by atoms with van der Waals surface area (Å²) >= 11 is 0. The highest BCUT2D eigenvalue weighted by molar-refractivity contribution is 5.67. The van der Waals surface area contributed by atoms with E-state index in [1.807, 2.05) is 0 Å². The highest BCUT2D eigenvalue weighted by atomic mass is 19.4. The maximum absolute atomic E-state index is 12.6. The number of ether oxygens (including phenoxy) is 1. The van der Waals surface area contributed by atoms with Crippen LogP contribution in [0.1, 0.15) is 12.5 Å². The van der Waals surface area contributed by atoms with Gasteiger partial charge >= 0.3 is 12.5 Å². The van der Waals surface area contributed by atoms with E-state index in [4.69, 9.17) is 0 Å². The van der Waals surface area contributed by atoms with E-state index < -0.39 is 24.2 Å². The van der Waals surface area contributed by atoms with Gasteiger partial charge in [-0.1, -0.05) is 30.3 Å². The first-order valence-corrected chi connectivity index (χ1v) is 6.29. The molecule has 0 saturated carbocycles. The Balaban J connectivity index is 2.46. The van der Waals surface area contributed by atoms with E-state index in [0.717, 1.165) is 4.90 Å². The van der Waals surface area contributed by atoms with Gasteiger partial charge in [0.05, 0.1) is 0 Å². The average Bonchev–Trinajstić information content (AvgIpc) is 2.40. The molecule has 2 atom stereocenters. The molecule has 1 heterocycles. The van der Waals surface area contributed by atoms with Crippen molar-refractivity contribution >= 4 is 6.09 Å². The number of nitrogens with one attached hydrogen (secondary N) is 1. The Morgan fingerprint density at radius 1 is 1.43 bits per heavy atom. The van der Waals surface area contributed by atoms with Gasteiger partial charge in [-0.2, -0.15) is 0 Å². The molecule has 0 aromatic heterocycles. The monoisotopic (exact) mass is 304 g/mol. The van der Waals surface area contributed by atoms with Crippen LogP contribution in [0.3, 0.4) is 0 Å². The van der Waals surface area contributed by atoms with Crippen LogP contribution >= 0.6 is 0 Å². The SMILES string of the molecule is CC1(c2ccccc2)C(OC(F)(F)F)NCCN1C(=O)O. The Bertz CT molecular complexity index is 509. The average molecular weight is 304 g/mol. The number of hydrogen-bond acceptors (Lipinski definition) is 3. The van der Waals surface area contributed by atoms with Crippen LogP contribution in [-0.2, 0) is 10.3 Å². The highest BCUT2D eigenvalue weighted by Crippen LogP contribution is 2.37. The largest absolute Gasteiger partial charge is 0.524 e. The predicted molar refractivity (Wildman–Crippen MR) is 67.5 cm³/mol. The molecule has 0 bridgehead atoms. The molecule has 2 unspecified atom stereocenters. The summed E-state index contributed by atoms with van der Waals surface area (Å²) in [4.78, 5) is 12.4. The van der Waals surface area contributed by atoms with Gasteiger partial charge in [0.2, 0.25) is 0 Å². The Labute approximate surface area is 119 Å². The second-order valence-electron chi connectivity index (χ2n) is 4.85. The third-order valence-corrected chi connectivity index (χ3v) is 3.58. The molecule has 8 heteroatoms. The number of piperazine rings is 1. The molecule has 116 valence electrons. The number of hydrogen-bond donors (Lipinski definition) is 2. The summed E-state index contributed by atoms with van der Waals surface area (Å²) in [5.41, 5.74) is -1.06. The van der Waals surface area contributed by atoms with Gasteiger partial charge in [0.1, 0.15) is 11.8 Å². The topological polar surface area (TPSA) is 61.8 Å². The first-order chi connectivity index (χ1) is 9.75. The van der Waals surface area contributed by atoms with E-state index in [9.17, 15) is 23.1 Å². The number of halogens is 3. The molecule has 1 fully saturated rings. The lowest BCUT2D eigenvalue weighted by atomic mass is 9.86. The van der Waals surface area contributed by atoms with Crippen LogP contribution in [0.25, 0.3) is 0 Å². The standard InChI is InChI=1S/C13H15F3N2O3/c1-12(9-5-3-2-4-6-9)10(21-13(14,15)16)17-7-8-18(12)11(19)20/h2-6,10,17H,7-8H2,1H3,(H,19,20). The van der Waals surface area contributed by atoms with Crippen LogP contribution in [0.4, 0.5) is 18.0 Å². The van der Waals surface area contributed by atoms with Crippen LogP contribution < -0.4 is 5.32 Å². The molecule has 0 spiro atoms. The quantitative estimate of drug-likeness (QED) is 0.880.